The summed E-state index contributed by atoms with van der Waals surface area (Å²) >= 11 is 0. The van der Waals surface area contributed by atoms with Crippen LogP contribution < -0.4 is 5.32 Å². The quantitative estimate of drug-likeness (QED) is 0.651. The van der Waals surface area contributed by atoms with Crippen LogP contribution in [-0.4, -0.2) is 24.3 Å². The summed E-state index contributed by atoms with van der Waals surface area (Å²) in [7, 11) is 0. The summed E-state index contributed by atoms with van der Waals surface area (Å²) in [6, 6.07) is 0. The van der Waals surface area contributed by atoms with Gasteiger partial charge in [0.2, 0.25) is 0 Å². The van der Waals surface area contributed by atoms with E-state index in [-0.39, 0.29) is 11.1 Å². The van der Waals surface area contributed by atoms with Gasteiger partial charge < -0.3 is 10.1 Å². The Morgan fingerprint density at radius 3 is 2.58 bits per heavy atom. The lowest BCUT2D eigenvalue weighted by Crippen LogP contribution is -2.45. The molecule has 1 heterocycles. The molecule has 0 amide bonds. The fourth-order valence-corrected chi connectivity index (χ4v) is 1.42. The van der Waals surface area contributed by atoms with E-state index in [1.807, 2.05) is 0 Å². The van der Waals surface area contributed by atoms with Crippen molar-refractivity contribution in [3.05, 3.63) is 0 Å². The SMILES string of the molecule is CCC1(C)CCOC(C)(C)CN1. The highest BCUT2D eigenvalue weighted by Gasteiger charge is 2.30. The smallest absolute Gasteiger partial charge is 0.0750 e. The molecule has 0 aromatic heterocycles. The molecule has 2 nitrogen and oxygen atoms in total. The van der Waals surface area contributed by atoms with Crippen LogP contribution in [0.3, 0.4) is 0 Å². The second kappa shape index (κ2) is 3.35. The first-order chi connectivity index (χ1) is 5.47. The van der Waals surface area contributed by atoms with Gasteiger partial charge in [0.1, 0.15) is 0 Å². The summed E-state index contributed by atoms with van der Waals surface area (Å²) < 4.78 is 5.73. The Balaban J connectivity index is 2.56. The second-order valence-corrected chi connectivity index (χ2v) is 4.63. The van der Waals surface area contributed by atoms with E-state index in [1.54, 1.807) is 0 Å². The van der Waals surface area contributed by atoms with Gasteiger partial charge in [0, 0.05) is 18.7 Å². The van der Waals surface area contributed by atoms with Crippen molar-refractivity contribution < 1.29 is 4.74 Å². The van der Waals surface area contributed by atoms with Crippen molar-refractivity contribution in [3.63, 3.8) is 0 Å². The lowest BCUT2D eigenvalue weighted by Gasteiger charge is -2.28. The van der Waals surface area contributed by atoms with Crippen LogP contribution in [0.4, 0.5) is 0 Å². The van der Waals surface area contributed by atoms with Crippen LogP contribution in [0.5, 0.6) is 0 Å². The molecule has 1 N–H and O–H groups in total. The molecule has 1 aliphatic rings. The molecule has 0 saturated carbocycles. The van der Waals surface area contributed by atoms with Gasteiger partial charge in [-0.25, -0.2) is 0 Å². The third kappa shape index (κ3) is 2.46. The highest BCUT2D eigenvalue weighted by atomic mass is 16.5. The van der Waals surface area contributed by atoms with Gasteiger partial charge in [-0.2, -0.15) is 0 Å². The maximum Gasteiger partial charge on any atom is 0.0750 e. The molecule has 1 unspecified atom stereocenters. The van der Waals surface area contributed by atoms with Gasteiger partial charge in [0.05, 0.1) is 5.60 Å². The van der Waals surface area contributed by atoms with E-state index in [0.717, 1.165) is 19.6 Å². The average Bonchev–Trinajstić information content (AvgIpc) is 2.13. The van der Waals surface area contributed by atoms with Crippen LogP contribution in [0.15, 0.2) is 0 Å². The zero-order chi connectivity index (χ0) is 9.24. The predicted molar refractivity (Wildman–Crippen MR) is 51.3 cm³/mol. The summed E-state index contributed by atoms with van der Waals surface area (Å²) in [6.45, 7) is 10.6. The monoisotopic (exact) mass is 171 g/mol. The zero-order valence-corrected chi connectivity index (χ0v) is 8.74. The first kappa shape index (κ1) is 10.0. The van der Waals surface area contributed by atoms with Gasteiger partial charge in [-0.3, -0.25) is 0 Å². The van der Waals surface area contributed by atoms with Crippen LogP contribution in [0.2, 0.25) is 0 Å². The van der Waals surface area contributed by atoms with Crippen molar-refractivity contribution in [2.75, 3.05) is 13.2 Å². The minimum atomic E-state index is 0.00687. The molecule has 0 radical (unpaired) electrons. The van der Waals surface area contributed by atoms with E-state index in [2.05, 4.69) is 33.0 Å². The number of hydrogen-bond donors (Lipinski definition) is 1. The number of rotatable bonds is 1. The van der Waals surface area contributed by atoms with E-state index in [0.29, 0.717) is 0 Å². The van der Waals surface area contributed by atoms with Crippen LogP contribution in [0.25, 0.3) is 0 Å². The normalized spacial score (nSPS) is 36.0. The third-order valence-electron chi connectivity index (χ3n) is 2.87. The summed E-state index contributed by atoms with van der Waals surface area (Å²) in [5.41, 5.74) is 0.292. The maximum absolute atomic E-state index is 5.73. The minimum absolute atomic E-state index is 0.00687. The van der Waals surface area contributed by atoms with Crippen molar-refractivity contribution >= 4 is 0 Å². The van der Waals surface area contributed by atoms with E-state index in [1.165, 1.54) is 6.42 Å². The Morgan fingerprint density at radius 1 is 1.33 bits per heavy atom. The first-order valence-corrected chi connectivity index (χ1v) is 4.86. The largest absolute Gasteiger partial charge is 0.374 e. The molecule has 0 aliphatic carbocycles. The van der Waals surface area contributed by atoms with Crippen LogP contribution >= 0.6 is 0 Å². The van der Waals surface area contributed by atoms with Gasteiger partial charge >= 0.3 is 0 Å². The van der Waals surface area contributed by atoms with Crippen LogP contribution in [0, 0.1) is 0 Å². The topological polar surface area (TPSA) is 21.3 Å². The molecular weight excluding hydrogens is 150 g/mol. The highest BCUT2D eigenvalue weighted by Crippen LogP contribution is 2.21. The molecule has 1 aliphatic heterocycles. The second-order valence-electron chi connectivity index (χ2n) is 4.63. The molecule has 12 heavy (non-hydrogen) atoms. The fourth-order valence-electron chi connectivity index (χ4n) is 1.42. The standard InChI is InChI=1S/C10H21NO/c1-5-10(4)6-7-12-9(2,3)8-11-10/h11H,5-8H2,1-4H3. The molecule has 1 atom stereocenters. The fraction of sp³-hybridized carbons (Fsp3) is 1.00. The summed E-state index contributed by atoms with van der Waals surface area (Å²) in [4.78, 5) is 0. The van der Waals surface area contributed by atoms with Gasteiger partial charge in [-0.15, -0.1) is 0 Å². The van der Waals surface area contributed by atoms with Crippen LogP contribution in [-0.2, 0) is 4.74 Å². The number of ether oxygens (including phenoxy) is 1. The Labute approximate surface area is 75.7 Å². The van der Waals surface area contributed by atoms with Crippen molar-refractivity contribution in [3.8, 4) is 0 Å². The Bertz CT molecular complexity index is 156. The van der Waals surface area contributed by atoms with Gasteiger partial charge in [0.25, 0.3) is 0 Å². The molecule has 0 bridgehead atoms. The van der Waals surface area contributed by atoms with Gasteiger partial charge in [0.15, 0.2) is 0 Å². The number of nitrogens with one attached hydrogen (secondary N) is 1. The molecule has 1 fully saturated rings. The van der Waals surface area contributed by atoms with Crippen molar-refractivity contribution in [1.82, 2.24) is 5.32 Å². The molecule has 1 rings (SSSR count). The lowest BCUT2D eigenvalue weighted by molar-refractivity contribution is -0.00412. The predicted octanol–water partition coefficient (Wildman–Crippen LogP) is 1.94. The molecule has 72 valence electrons. The Morgan fingerprint density at radius 2 is 2.00 bits per heavy atom. The highest BCUT2D eigenvalue weighted by molar-refractivity contribution is 4.88. The molecule has 2 heteroatoms. The molecule has 1 saturated heterocycles. The van der Waals surface area contributed by atoms with Crippen molar-refractivity contribution in [1.29, 1.82) is 0 Å². The minimum Gasteiger partial charge on any atom is -0.374 e. The zero-order valence-electron chi connectivity index (χ0n) is 8.74. The van der Waals surface area contributed by atoms with E-state index in [4.69, 9.17) is 4.74 Å². The summed E-state index contributed by atoms with van der Waals surface area (Å²) in [5, 5.41) is 3.57. The average molecular weight is 171 g/mol. The molecule has 0 aromatic rings. The van der Waals surface area contributed by atoms with Gasteiger partial charge in [-0.1, -0.05) is 6.92 Å². The van der Waals surface area contributed by atoms with E-state index in [9.17, 15) is 0 Å². The summed E-state index contributed by atoms with van der Waals surface area (Å²) in [6.07, 6.45) is 2.29. The lowest BCUT2D eigenvalue weighted by atomic mass is 9.95. The van der Waals surface area contributed by atoms with Crippen molar-refractivity contribution in [2.24, 2.45) is 0 Å². The third-order valence-corrected chi connectivity index (χ3v) is 2.87. The maximum atomic E-state index is 5.73. The Hall–Kier alpha value is -0.0800. The Kier molecular flexibility index (Phi) is 2.79. The number of hydrogen-bond acceptors (Lipinski definition) is 2. The van der Waals surface area contributed by atoms with E-state index < -0.39 is 0 Å². The van der Waals surface area contributed by atoms with Gasteiger partial charge in [-0.05, 0) is 33.6 Å². The van der Waals surface area contributed by atoms with Crippen LogP contribution in [0.1, 0.15) is 40.5 Å². The van der Waals surface area contributed by atoms with Crippen molar-refractivity contribution in [2.45, 2.75) is 51.7 Å². The molecular formula is C10H21NO. The van der Waals surface area contributed by atoms with E-state index >= 15 is 0 Å². The first-order valence-electron chi connectivity index (χ1n) is 4.86. The molecule has 0 spiro atoms. The molecule has 0 aromatic carbocycles. The summed E-state index contributed by atoms with van der Waals surface area (Å²) in [5.74, 6) is 0.